The molecule has 3 rings (SSSR count). The van der Waals surface area contributed by atoms with Crippen LogP contribution in [0, 0.1) is 12.8 Å². The summed E-state index contributed by atoms with van der Waals surface area (Å²) in [6, 6.07) is 3.97. The molecule has 0 bridgehead atoms. The van der Waals surface area contributed by atoms with Crippen molar-refractivity contribution in [2.24, 2.45) is 11.7 Å². The molecule has 100 valence electrons. The van der Waals surface area contributed by atoms with Crippen LogP contribution in [0.25, 0.3) is 5.69 Å². The fraction of sp³-hybridized carbons (Fsp3) is 0.429. The van der Waals surface area contributed by atoms with E-state index in [1.54, 1.807) is 6.33 Å². The summed E-state index contributed by atoms with van der Waals surface area (Å²) in [5, 5.41) is 0. The van der Waals surface area contributed by atoms with Gasteiger partial charge in [0.1, 0.15) is 0 Å². The van der Waals surface area contributed by atoms with Crippen molar-refractivity contribution >= 4 is 0 Å². The molecule has 1 aliphatic rings. The SMILES string of the molecule is Cc1ccc(-n2cncc2C(N)C2CCOC2)cn1. The second kappa shape index (κ2) is 5.11. The molecule has 2 unspecified atom stereocenters. The third-order valence-electron chi connectivity index (χ3n) is 3.66. The Morgan fingerprint density at radius 1 is 1.42 bits per heavy atom. The Morgan fingerprint density at radius 3 is 3.00 bits per heavy atom. The van der Waals surface area contributed by atoms with Gasteiger partial charge in [0.2, 0.25) is 0 Å². The van der Waals surface area contributed by atoms with Crippen molar-refractivity contribution in [2.75, 3.05) is 13.2 Å². The largest absolute Gasteiger partial charge is 0.381 e. The van der Waals surface area contributed by atoms with Crippen LogP contribution in [0.5, 0.6) is 0 Å². The van der Waals surface area contributed by atoms with Crippen molar-refractivity contribution in [3.05, 3.63) is 42.2 Å². The molecule has 2 N–H and O–H groups in total. The maximum absolute atomic E-state index is 6.35. The van der Waals surface area contributed by atoms with Crippen LogP contribution < -0.4 is 5.73 Å². The minimum atomic E-state index is -0.0497. The van der Waals surface area contributed by atoms with E-state index in [2.05, 4.69) is 9.97 Å². The van der Waals surface area contributed by atoms with E-state index < -0.39 is 0 Å². The van der Waals surface area contributed by atoms with Crippen molar-refractivity contribution < 1.29 is 4.74 Å². The van der Waals surface area contributed by atoms with Crippen LogP contribution in [-0.4, -0.2) is 27.7 Å². The number of imidazole rings is 1. The van der Waals surface area contributed by atoms with Crippen molar-refractivity contribution in [3.8, 4) is 5.69 Å². The monoisotopic (exact) mass is 258 g/mol. The van der Waals surface area contributed by atoms with Gasteiger partial charge in [0.05, 0.1) is 42.8 Å². The number of nitrogens with zero attached hydrogens (tertiary/aromatic N) is 3. The van der Waals surface area contributed by atoms with Crippen molar-refractivity contribution in [1.29, 1.82) is 0 Å². The normalized spacial score (nSPS) is 20.6. The summed E-state index contributed by atoms with van der Waals surface area (Å²) in [6.45, 7) is 3.51. The highest BCUT2D eigenvalue weighted by molar-refractivity contribution is 5.32. The average molecular weight is 258 g/mol. The van der Waals surface area contributed by atoms with Gasteiger partial charge in [0.15, 0.2) is 0 Å². The zero-order valence-corrected chi connectivity index (χ0v) is 11.0. The summed E-state index contributed by atoms with van der Waals surface area (Å²) in [5.41, 5.74) is 9.36. The average Bonchev–Trinajstić information content (AvgIpc) is 3.10. The lowest BCUT2D eigenvalue weighted by Gasteiger charge is -2.19. The van der Waals surface area contributed by atoms with E-state index in [9.17, 15) is 0 Å². The van der Waals surface area contributed by atoms with Crippen LogP contribution in [0.1, 0.15) is 23.9 Å². The molecule has 1 saturated heterocycles. The van der Waals surface area contributed by atoms with Crippen LogP contribution >= 0.6 is 0 Å². The molecule has 1 fully saturated rings. The van der Waals surface area contributed by atoms with Gasteiger partial charge in [-0.2, -0.15) is 0 Å². The van der Waals surface area contributed by atoms with Crippen molar-refractivity contribution in [2.45, 2.75) is 19.4 Å². The van der Waals surface area contributed by atoms with Gasteiger partial charge < -0.3 is 15.0 Å². The molecule has 3 heterocycles. The van der Waals surface area contributed by atoms with Crippen molar-refractivity contribution in [1.82, 2.24) is 14.5 Å². The minimum absolute atomic E-state index is 0.0497. The first-order valence-electron chi connectivity index (χ1n) is 6.54. The number of aromatic nitrogens is 3. The molecule has 5 nitrogen and oxygen atoms in total. The van der Waals surface area contributed by atoms with Gasteiger partial charge in [-0.15, -0.1) is 0 Å². The third-order valence-corrected chi connectivity index (χ3v) is 3.66. The summed E-state index contributed by atoms with van der Waals surface area (Å²) in [7, 11) is 0. The van der Waals surface area contributed by atoms with E-state index >= 15 is 0 Å². The number of pyridine rings is 1. The van der Waals surface area contributed by atoms with Gasteiger partial charge in [-0.05, 0) is 25.5 Å². The highest BCUT2D eigenvalue weighted by Crippen LogP contribution is 2.27. The Morgan fingerprint density at radius 2 is 2.32 bits per heavy atom. The molecule has 2 aromatic rings. The molecule has 0 amide bonds. The fourth-order valence-electron chi connectivity index (χ4n) is 2.45. The highest BCUT2D eigenvalue weighted by atomic mass is 16.5. The van der Waals surface area contributed by atoms with Crippen LogP contribution in [0.4, 0.5) is 0 Å². The van der Waals surface area contributed by atoms with Gasteiger partial charge in [-0.25, -0.2) is 4.98 Å². The van der Waals surface area contributed by atoms with E-state index in [1.165, 1.54) is 0 Å². The molecular formula is C14H18N4O. The third kappa shape index (κ3) is 2.39. The van der Waals surface area contributed by atoms with Crippen LogP contribution in [-0.2, 0) is 4.74 Å². The van der Waals surface area contributed by atoms with Gasteiger partial charge >= 0.3 is 0 Å². The Kier molecular flexibility index (Phi) is 3.31. The second-order valence-electron chi connectivity index (χ2n) is 5.00. The molecule has 0 radical (unpaired) electrons. The van der Waals surface area contributed by atoms with Crippen LogP contribution in [0.3, 0.4) is 0 Å². The summed E-state index contributed by atoms with van der Waals surface area (Å²) < 4.78 is 7.42. The lowest BCUT2D eigenvalue weighted by Crippen LogP contribution is -2.24. The van der Waals surface area contributed by atoms with Crippen molar-refractivity contribution in [3.63, 3.8) is 0 Å². The van der Waals surface area contributed by atoms with Crippen LogP contribution in [0.2, 0.25) is 0 Å². The Bertz CT molecular complexity index is 543. The zero-order chi connectivity index (χ0) is 13.2. The topological polar surface area (TPSA) is 66.0 Å². The number of aryl methyl sites for hydroxylation is 1. The summed E-state index contributed by atoms with van der Waals surface area (Å²) >= 11 is 0. The molecule has 0 saturated carbocycles. The molecule has 19 heavy (non-hydrogen) atoms. The molecule has 0 spiro atoms. The maximum atomic E-state index is 6.35. The summed E-state index contributed by atoms with van der Waals surface area (Å²) in [5.74, 6) is 0.369. The predicted molar refractivity (Wildman–Crippen MR) is 72.0 cm³/mol. The molecule has 0 aliphatic carbocycles. The van der Waals surface area contributed by atoms with E-state index in [0.29, 0.717) is 5.92 Å². The number of nitrogens with two attached hydrogens (primary N) is 1. The molecular weight excluding hydrogens is 240 g/mol. The standard InChI is InChI=1S/C14H18N4O/c1-10-2-3-12(6-17-10)18-9-16-7-13(18)14(15)11-4-5-19-8-11/h2-3,6-7,9,11,14H,4-5,8,15H2,1H3. The first kappa shape index (κ1) is 12.3. The first-order chi connectivity index (χ1) is 9.25. The van der Waals surface area contributed by atoms with Gasteiger partial charge in [-0.1, -0.05) is 0 Å². The lowest BCUT2D eigenvalue weighted by atomic mass is 9.97. The van der Waals surface area contributed by atoms with Gasteiger partial charge in [0, 0.05) is 18.2 Å². The first-order valence-corrected chi connectivity index (χ1v) is 6.54. The number of rotatable bonds is 3. The van der Waals surface area contributed by atoms with E-state index in [0.717, 1.165) is 36.7 Å². The number of hydrogen-bond acceptors (Lipinski definition) is 4. The van der Waals surface area contributed by atoms with E-state index in [-0.39, 0.29) is 6.04 Å². The molecule has 2 aromatic heterocycles. The molecule has 1 aliphatic heterocycles. The van der Waals surface area contributed by atoms with Crippen LogP contribution in [0.15, 0.2) is 30.9 Å². The Hall–Kier alpha value is -1.72. The maximum Gasteiger partial charge on any atom is 0.0995 e. The molecule has 2 atom stereocenters. The Balaban J connectivity index is 1.91. The van der Waals surface area contributed by atoms with Gasteiger partial charge in [-0.3, -0.25) is 4.98 Å². The summed E-state index contributed by atoms with van der Waals surface area (Å²) in [6.07, 6.45) is 6.48. The molecule has 0 aromatic carbocycles. The lowest BCUT2D eigenvalue weighted by molar-refractivity contribution is 0.180. The Labute approximate surface area is 112 Å². The minimum Gasteiger partial charge on any atom is -0.381 e. The molecule has 5 heteroatoms. The van der Waals surface area contributed by atoms with Gasteiger partial charge in [0.25, 0.3) is 0 Å². The van der Waals surface area contributed by atoms with E-state index in [1.807, 2.05) is 36.0 Å². The smallest absolute Gasteiger partial charge is 0.0995 e. The zero-order valence-electron chi connectivity index (χ0n) is 11.0. The highest BCUT2D eigenvalue weighted by Gasteiger charge is 2.26. The fourth-order valence-corrected chi connectivity index (χ4v) is 2.45. The number of hydrogen-bond donors (Lipinski definition) is 1. The van der Waals surface area contributed by atoms with E-state index in [4.69, 9.17) is 10.5 Å². The number of ether oxygens (including phenoxy) is 1. The summed E-state index contributed by atoms with van der Waals surface area (Å²) in [4.78, 5) is 8.55. The quantitative estimate of drug-likeness (QED) is 0.908. The predicted octanol–water partition coefficient (Wildman–Crippen LogP) is 1.61. The second-order valence-corrected chi connectivity index (χ2v) is 5.00.